The summed E-state index contributed by atoms with van der Waals surface area (Å²) in [5.41, 5.74) is 1.97. The van der Waals surface area contributed by atoms with Crippen LogP contribution in [0.15, 0.2) is 24.3 Å². The highest BCUT2D eigenvalue weighted by atomic mass is 16.3. The summed E-state index contributed by atoms with van der Waals surface area (Å²) in [5.74, 6) is 1.13. The molecule has 1 heterocycles. The average molecular weight is 261 g/mol. The van der Waals surface area contributed by atoms with Crippen molar-refractivity contribution >= 4 is 5.91 Å². The summed E-state index contributed by atoms with van der Waals surface area (Å²) in [6.45, 7) is 6.05. The Labute approximate surface area is 115 Å². The molecule has 1 aromatic rings. The molecular weight excluding hydrogens is 238 g/mol. The number of amides is 1. The lowest BCUT2D eigenvalue weighted by atomic mass is 9.94. The monoisotopic (exact) mass is 261 g/mol. The van der Waals surface area contributed by atoms with Crippen LogP contribution in [0.3, 0.4) is 0 Å². The Balaban J connectivity index is 2.02. The quantitative estimate of drug-likeness (QED) is 0.855. The number of hydrogen-bond donors (Lipinski definition) is 1. The fourth-order valence-corrected chi connectivity index (χ4v) is 2.91. The average Bonchev–Trinajstić information content (AvgIpc) is 2.67. The van der Waals surface area contributed by atoms with E-state index in [2.05, 4.69) is 13.8 Å². The number of nitrogens with zero attached hydrogens (tertiary/aromatic N) is 1. The van der Waals surface area contributed by atoms with Crippen LogP contribution in [0.25, 0.3) is 0 Å². The van der Waals surface area contributed by atoms with E-state index >= 15 is 0 Å². The van der Waals surface area contributed by atoms with Gasteiger partial charge < -0.3 is 10.0 Å². The highest BCUT2D eigenvalue weighted by Gasteiger charge is 2.28. The molecule has 0 fully saturated rings. The Morgan fingerprint density at radius 3 is 2.68 bits per heavy atom. The van der Waals surface area contributed by atoms with Gasteiger partial charge in [0.2, 0.25) is 0 Å². The summed E-state index contributed by atoms with van der Waals surface area (Å²) >= 11 is 0. The number of fused-ring (bicyclic) bond motifs is 1. The fraction of sp³-hybridized carbons (Fsp3) is 0.562. The van der Waals surface area contributed by atoms with Gasteiger partial charge in [-0.1, -0.05) is 32.0 Å². The molecule has 0 aromatic heterocycles. The summed E-state index contributed by atoms with van der Waals surface area (Å²) in [4.78, 5) is 14.2. The van der Waals surface area contributed by atoms with Gasteiger partial charge in [0, 0.05) is 25.3 Å². The van der Waals surface area contributed by atoms with Crippen LogP contribution in [0, 0.1) is 11.8 Å². The lowest BCUT2D eigenvalue weighted by molar-refractivity contribution is 0.0731. The van der Waals surface area contributed by atoms with Crippen molar-refractivity contribution in [2.45, 2.75) is 33.2 Å². The van der Waals surface area contributed by atoms with E-state index in [1.54, 1.807) is 0 Å². The Kier molecular flexibility index (Phi) is 4.59. The maximum atomic E-state index is 12.3. The molecule has 1 aliphatic heterocycles. The second kappa shape index (κ2) is 6.20. The van der Waals surface area contributed by atoms with Gasteiger partial charge in [-0.3, -0.25) is 4.79 Å². The molecule has 0 saturated carbocycles. The predicted octanol–water partition coefficient (Wildman–Crippen LogP) is 2.69. The summed E-state index contributed by atoms with van der Waals surface area (Å²) < 4.78 is 0. The molecular formula is C16H23NO2. The van der Waals surface area contributed by atoms with Crippen LogP contribution in [-0.2, 0) is 6.54 Å². The molecule has 0 unspecified atom stereocenters. The molecule has 3 nitrogen and oxygen atoms in total. The van der Waals surface area contributed by atoms with E-state index in [1.807, 2.05) is 29.2 Å². The Morgan fingerprint density at radius 1 is 1.32 bits per heavy atom. The first kappa shape index (κ1) is 14.1. The normalized spacial score (nSPS) is 16.0. The van der Waals surface area contributed by atoms with Crippen LogP contribution in [0.5, 0.6) is 0 Å². The maximum Gasteiger partial charge on any atom is 0.254 e. The Bertz CT molecular complexity index is 442. The van der Waals surface area contributed by atoms with E-state index in [0.717, 1.165) is 37.1 Å². The lowest BCUT2D eigenvalue weighted by Gasteiger charge is -2.24. The van der Waals surface area contributed by atoms with E-state index in [9.17, 15) is 4.79 Å². The number of carbonyl (C=O) groups is 1. The molecule has 104 valence electrons. The van der Waals surface area contributed by atoms with Gasteiger partial charge in [0.1, 0.15) is 0 Å². The minimum absolute atomic E-state index is 0.141. The zero-order chi connectivity index (χ0) is 13.8. The van der Waals surface area contributed by atoms with Crippen molar-refractivity contribution in [1.82, 2.24) is 4.90 Å². The minimum Gasteiger partial charge on any atom is -0.396 e. The fourth-order valence-electron chi connectivity index (χ4n) is 2.91. The van der Waals surface area contributed by atoms with Crippen LogP contribution in [0.1, 0.15) is 42.6 Å². The van der Waals surface area contributed by atoms with Crippen molar-refractivity contribution in [2.24, 2.45) is 11.8 Å². The molecule has 1 N–H and O–H groups in total. The molecule has 1 aliphatic rings. The third-order valence-electron chi connectivity index (χ3n) is 3.72. The Morgan fingerprint density at radius 2 is 2.05 bits per heavy atom. The maximum absolute atomic E-state index is 12.3. The van der Waals surface area contributed by atoms with Crippen molar-refractivity contribution in [3.8, 4) is 0 Å². The second-order valence-corrected chi connectivity index (χ2v) is 5.85. The van der Waals surface area contributed by atoms with E-state index in [-0.39, 0.29) is 12.5 Å². The van der Waals surface area contributed by atoms with Gasteiger partial charge in [0.25, 0.3) is 5.91 Å². The van der Waals surface area contributed by atoms with Crippen LogP contribution in [-0.4, -0.2) is 29.1 Å². The molecule has 0 bridgehead atoms. The summed E-state index contributed by atoms with van der Waals surface area (Å²) in [5, 5.41) is 9.16. The number of aliphatic hydroxyl groups excluding tert-OH is 1. The van der Waals surface area contributed by atoms with Gasteiger partial charge in [-0.2, -0.15) is 0 Å². The summed E-state index contributed by atoms with van der Waals surface area (Å²) in [6, 6.07) is 7.83. The molecule has 0 radical (unpaired) electrons. The van der Waals surface area contributed by atoms with Crippen molar-refractivity contribution < 1.29 is 9.90 Å². The zero-order valence-corrected chi connectivity index (χ0v) is 11.8. The second-order valence-electron chi connectivity index (χ2n) is 5.85. The zero-order valence-electron chi connectivity index (χ0n) is 11.8. The smallest absolute Gasteiger partial charge is 0.254 e. The molecule has 3 heteroatoms. The number of carbonyl (C=O) groups excluding carboxylic acids is 1. The predicted molar refractivity (Wildman–Crippen MR) is 75.8 cm³/mol. The molecule has 2 rings (SSSR count). The Hall–Kier alpha value is -1.35. The topological polar surface area (TPSA) is 40.5 Å². The molecule has 0 spiro atoms. The minimum atomic E-state index is 0.141. The van der Waals surface area contributed by atoms with Gasteiger partial charge in [-0.15, -0.1) is 0 Å². The van der Waals surface area contributed by atoms with E-state index in [4.69, 9.17) is 5.11 Å². The van der Waals surface area contributed by atoms with Gasteiger partial charge >= 0.3 is 0 Å². The first-order valence-electron chi connectivity index (χ1n) is 7.10. The third-order valence-corrected chi connectivity index (χ3v) is 3.72. The third kappa shape index (κ3) is 3.35. The first-order valence-corrected chi connectivity index (χ1v) is 7.10. The van der Waals surface area contributed by atoms with Gasteiger partial charge in [0.15, 0.2) is 0 Å². The van der Waals surface area contributed by atoms with E-state index in [0.29, 0.717) is 11.8 Å². The van der Waals surface area contributed by atoms with Crippen molar-refractivity contribution in [3.63, 3.8) is 0 Å². The van der Waals surface area contributed by atoms with Gasteiger partial charge in [0.05, 0.1) is 0 Å². The van der Waals surface area contributed by atoms with Crippen molar-refractivity contribution in [2.75, 3.05) is 13.2 Å². The first-order chi connectivity index (χ1) is 9.11. The van der Waals surface area contributed by atoms with Gasteiger partial charge in [-0.05, 0) is 36.3 Å². The van der Waals surface area contributed by atoms with Crippen molar-refractivity contribution in [3.05, 3.63) is 35.4 Å². The van der Waals surface area contributed by atoms with Crippen LogP contribution in [0.2, 0.25) is 0 Å². The van der Waals surface area contributed by atoms with Crippen molar-refractivity contribution in [1.29, 1.82) is 0 Å². The van der Waals surface area contributed by atoms with Crippen LogP contribution >= 0.6 is 0 Å². The highest BCUT2D eigenvalue weighted by Crippen LogP contribution is 2.25. The summed E-state index contributed by atoms with van der Waals surface area (Å²) in [6.07, 6.45) is 1.83. The largest absolute Gasteiger partial charge is 0.396 e. The number of benzene rings is 1. The molecule has 0 aliphatic carbocycles. The number of rotatable bonds is 6. The van der Waals surface area contributed by atoms with Crippen LogP contribution in [0.4, 0.5) is 0 Å². The SMILES string of the molecule is CC(C)C[C@H](CCO)CN1Cc2ccccc2C1=O. The summed E-state index contributed by atoms with van der Waals surface area (Å²) in [7, 11) is 0. The molecule has 1 atom stereocenters. The molecule has 1 aromatic carbocycles. The molecule has 1 amide bonds. The lowest BCUT2D eigenvalue weighted by Crippen LogP contribution is -2.31. The van der Waals surface area contributed by atoms with E-state index < -0.39 is 0 Å². The van der Waals surface area contributed by atoms with Crippen LogP contribution < -0.4 is 0 Å². The molecule has 19 heavy (non-hydrogen) atoms. The van der Waals surface area contributed by atoms with Gasteiger partial charge in [-0.25, -0.2) is 0 Å². The van der Waals surface area contributed by atoms with E-state index in [1.165, 1.54) is 0 Å². The standard InChI is InChI=1S/C16H23NO2/c1-12(2)9-13(7-8-18)10-17-11-14-5-3-4-6-15(14)16(17)19/h3-6,12-13,18H,7-11H2,1-2H3/t13-/m0/s1. The molecule has 0 saturated heterocycles. The highest BCUT2D eigenvalue weighted by molar-refractivity contribution is 5.98. The number of hydrogen-bond acceptors (Lipinski definition) is 2. The number of aliphatic hydroxyl groups is 1.